The van der Waals surface area contributed by atoms with Crippen molar-refractivity contribution in [2.75, 3.05) is 11.9 Å². The second-order valence-corrected chi connectivity index (χ2v) is 4.84. The molecule has 3 N–H and O–H groups in total. The molecule has 0 unspecified atom stereocenters. The summed E-state index contributed by atoms with van der Waals surface area (Å²) in [6.45, 7) is -0.0476. The molecule has 0 saturated carbocycles. The van der Waals surface area contributed by atoms with Gasteiger partial charge in [0.1, 0.15) is 11.5 Å². The lowest BCUT2D eigenvalue weighted by Crippen LogP contribution is -2.22. The Bertz CT molecular complexity index is 895. The predicted octanol–water partition coefficient (Wildman–Crippen LogP) is 2.59. The third-order valence-corrected chi connectivity index (χ3v) is 3.28. The SMILES string of the molecule is NC(=O)CNc1nc(-c2ccccc2N=O)nc2ccccc12. The first-order valence-electron chi connectivity index (χ1n) is 6.91. The summed E-state index contributed by atoms with van der Waals surface area (Å²) in [5.74, 6) is 0.333. The normalized spacial score (nSPS) is 10.4. The number of hydrogen-bond donors (Lipinski definition) is 2. The van der Waals surface area contributed by atoms with Crippen LogP contribution in [-0.4, -0.2) is 22.4 Å². The molecule has 23 heavy (non-hydrogen) atoms. The first kappa shape index (κ1) is 14.6. The quantitative estimate of drug-likeness (QED) is 0.704. The monoisotopic (exact) mass is 307 g/mol. The van der Waals surface area contributed by atoms with Gasteiger partial charge in [0, 0.05) is 10.9 Å². The van der Waals surface area contributed by atoms with Gasteiger partial charge in [0.15, 0.2) is 5.82 Å². The van der Waals surface area contributed by atoms with Crippen LogP contribution in [-0.2, 0) is 4.79 Å². The molecule has 0 aliphatic rings. The molecular formula is C16H13N5O2. The summed E-state index contributed by atoms with van der Waals surface area (Å²) >= 11 is 0. The van der Waals surface area contributed by atoms with Crippen molar-refractivity contribution in [3.8, 4) is 11.4 Å². The summed E-state index contributed by atoms with van der Waals surface area (Å²) in [6, 6.07) is 14.2. The number of hydrogen-bond acceptors (Lipinski definition) is 6. The molecule has 0 bridgehead atoms. The Morgan fingerprint density at radius 3 is 2.61 bits per heavy atom. The lowest BCUT2D eigenvalue weighted by atomic mass is 10.1. The zero-order chi connectivity index (χ0) is 16.2. The Morgan fingerprint density at radius 1 is 1.09 bits per heavy atom. The molecule has 3 rings (SSSR count). The summed E-state index contributed by atoms with van der Waals surface area (Å²) in [4.78, 5) is 30.9. The fourth-order valence-corrected chi connectivity index (χ4v) is 2.24. The molecule has 0 atom stereocenters. The zero-order valence-corrected chi connectivity index (χ0v) is 12.1. The minimum absolute atomic E-state index is 0.0476. The highest BCUT2D eigenvalue weighted by Crippen LogP contribution is 2.30. The fourth-order valence-electron chi connectivity index (χ4n) is 2.24. The van der Waals surface area contributed by atoms with Gasteiger partial charge in [0.25, 0.3) is 0 Å². The van der Waals surface area contributed by atoms with Gasteiger partial charge in [0.2, 0.25) is 5.91 Å². The number of primary amides is 1. The molecule has 7 heteroatoms. The Kier molecular flexibility index (Phi) is 3.92. The van der Waals surface area contributed by atoms with Crippen LogP contribution in [0.2, 0.25) is 0 Å². The number of nitrogens with two attached hydrogens (primary N) is 1. The van der Waals surface area contributed by atoms with E-state index in [2.05, 4.69) is 20.5 Å². The van der Waals surface area contributed by atoms with Crippen LogP contribution in [0.5, 0.6) is 0 Å². The van der Waals surface area contributed by atoms with Crippen molar-refractivity contribution in [3.63, 3.8) is 0 Å². The molecule has 3 aromatic rings. The van der Waals surface area contributed by atoms with Gasteiger partial charge in [0.05, 0.1) is 12.1 Å². The number of nitrogens with zero attached hydrogens (tertiary/aromatic N) is 3. The van der Waals surface area contributed by atoms with Crippen LogP contribution >= 0.6 is 0 Å². The number of nitroso groups, excluding NO2 is 1. The minimum atomic E-state index is -0.496. The van der Waals surface area contributed by atoms with E-state index >= 15 is 0 Å². The first-order valence-corrected chi connectivity index (χ1v) is 6.91. The predicted molar refractivity (Wildman–Crippen MR) is 88.1 cm³/mol. The van der Waals surface area contributed by atoms with E-state index in [1.807, 2.05) is 24.3 Å². The largest absolute Gasteiger partial charge is 0.368 e. The van der Waals surface area contributed by atoms with Crippen LogP contribution in [0.3, 0.4) is 0 Å². The van der Waals surface area contributed by atoms with E-state index in [1.54, 1.807) is 24.3 Å². The van der Waals surface area contributed by atoms with Crippen molar-refractivity contribution in [2.45, 2.75) is 0 Å². The second kappa shape index (κ2) is 6.18. The average Bonchev–Trinajstić information content (AvgIpc) is 2.59. The Labute approximate surface area is 131 Å². The van der Waals surface area contributed by atoms with E-state index < -0.39 is 5.91 Å². The summed E-state index contributed by atoms with van der Waals surface area (Å²) in [5, 5.41) is 6.67. The van der Waals surface area contributed by atoms with Gasteiger partial charge in [-0.05, 0) is 29.4 Å². The van der Waals surface area contributed by atoms with Gasteiger partial charge in [-0.3, -0.25) is 4.79 Å². The van der Waals surface area contributed by atoms with E-state index in [-0.39, 0.29) is 12.2 Å². The smallest absolute Gasteiger partial charge is 0.236 e. The number of carbonyl (C=O) groups excluding carboxylic acids is 1. The van der Waals surface area contributed by atoms with Crippen LogP contribution in [0.4, 0.5) is 11.5 Å². The summed E-state index contributed by atoms with van der Waals surface area (Å²) in [5.41, 5.74) is 6.64. The Morgan fingerprint density at radius 2 is 1.83 bits per heavy atom. The maximum atomic E-state index is 11.0. The summed E-state index contributed by atoms with van der Waals surface area (Å²) in [7, 11) is 0. The van der Waals surface area contributed by atoms with Gasteiger partial charge < -0.3 is 11.1 Å². The number of para-hydroxylation sites is 1. The molecule has 0 radical (unpaired) electrons. The maximum absolute atomic E-state index is 11.0. The van der Waals surface area contributed by atoms with Crippen LogP contribution in [0.15, 0.2) is 53.7 Å². The van der Waals surface area contributed by atoms with Crippen LogP contribution in [0.1, 0.15) is 0 Å². The van der Waals surface area contributed by atoms with Crippen LogP contribution in [0.25, 0.3) is 22.3 Å². The van der Waals surface area contributed by atoms with Gasteiger partial charge in [-0.1, -0.05) is 24.3 Å². The van der Waals surface area contributed by atoms with E-state index in [4.69, 9.17) is 5.73 Å². The van der Waals surface area contributed by atoms with E-state index in [0.717, 1.165) is 5.39 Å². The van der Waals surface area contributed by atoms with E-state index in [1.165, 1.54) is 0 Å². The van der Waals surface area contributed by atoms with Crippen molar-refractivity contribution < 1.29 is 4.79 Å². The van der Waals surface area contributed by atoms with E-state index in [9.17, 15) is 9.70 Å². The number of fused-ring (bicyclic) bond motifs is 1. The zero-order valence-electron chi connectivity index (χ0n) is 12.1. The number of aromatic nitrogens is 2. The molecule has 1 amide bonds. The molecule has 0 aliphatic carbocycles. The summed E-state index contributed by atoms with van der Waals surface area (Å²) in [6.07, 6.45) is 0. The van der Waals surface area contributed by atoms with Crippen LogP contribution < -0.4 is 11.1 Å². The Balaban J connectivity index is 2.18. The van der Waals surface area contributed by atoms with Gasteiger partial charge in [-0.2, -0.15) is 0 Å². The average molecular weight is 307 g/mol. The highest BCUT2D eigenvalue weighted by Gasteiger charge is 2.12. The molecule has 1 heterocycles. The van der Waals surface area contributed by atoms with Gasteiger partial charge in [-0.25, -0.2) is 9.97 Å². The highest BCUT2D eigenvalue weighted by molar-refractivity contribution is 5.92. The Hall–Kier alpha value is -3.35. The highest BCUT2D eigenvalue weighted by atomic mass is 16.3. The van der Waals surface area contributed by atoms with Crippen molar-refractivity contribution in [1.82, 2.24) is 9.97 Å². The molecule has 2 aromatic carbocycles. The fraction of sp³-hybridized carbons (Fsp3) is 0.0625. The molecule has 114 valence electrons. The van der Waals surface area contributed by atoms with Gasteiger partial charge >= 0.3 is 0 Å². The number of nitrogens with one attached hydrogen (secondary N) is 1. The lowest BCUT2D eigenvalue weighted by Gasteiger charge is -2.10. The third kappa shape index (κ3) is 2.98. The lowest BCUT2D eigenvalue weighted by molar-refractivity contribution is -0.116. The van der Waals surface area contributed by atoms with Gasteiger partial charge in [-0.15, -0.1) is 4.91 Å². The number of carbonyl (C=O) groups is 1. The first-order chi connectivity index (χ1) is 11.2. The van der Waals surface area contributed by atoms with Crippen molar-refractivity contribution >= 4 is 28.3 Å². The molecule has 0 aliphatic heterocycles. The van der Waals surface area contributed by atoms with Crippen molar-refractivity contribution in [2.24, 2.45) is 10.9 Å². The van der Waals surface area contributed by atoms with Crippen LogP contribution in [0, 0.1) is 4.91 Å². The van der Waals surface area contributed by atoms with E-state index in [0.29, 0.717) is 22.7 Å². The number of rotatable bonds is 5. The minimum Gasteiger partial charge on any atom is -0.368 e. The molecule has 0 fully saturated rings. The molecule has 0 saturated heterocycles. The van der Waals surface area contributed by atoms with Crippen molar-refractivity contribution in [3.05, 3.63) is 53.4 Å². The number of amides is 1. The molecule has 0 spiro atoms. The topological polar surface area (TPSA) is 110 Å². The standard InChI is InChI=1S/C16H13N5O2/c17-14(22)9-18-15-10-5-1-3-7-12(10)19-16(20-15)11-6-2-4-8-13(11)21-23/h1-8H,9H2,(H2,17,22)(H,18,19,20). The second-order valence-electron chi connectivity index (χ2n) is 4.84. The molecule has 1 aromatic heterocycles. The maximum Gasteiger partial charge on any atom is 0.236 e. The van der Waals surface area contributed by atoms with Crippen molar-refractivity contribution in [1.29, 1.82) is 0 Å². The number of anilines is 1. The summed E-state index contributed by atoms with van der Waals surface area (Å²) < 4.78 is 0. The molecular weight excluding hydrogens is 294 g/mol. The third-order valence-electron chi connectivity index (χ3n) is 3.28. The molecule has 7 nitrogen and oxygen atoms in total. The number of benzene rings is 2.